The van der Waals surface area contributed by atoms with Crippen molar-refractivity contribution >= 4 is 5.69 Å². The lowest BCUT2D eigenvalue weighted by Crippen LogP contribution is -2.34. The van der Waals surface area contributed by atoms with Gasteiger partial charge in [-0.1, -0.05) is 30.3 Å². The van der Waals surface area contributed by atoms with Gasteiger partial charge >= 0.3 is 18.5 Å². The molecule has 1 fully saturated rings. The predicted octanol–water partition coefficient (Wildman–Crippen LogP) is 6.85. The highest BCUT2D eigenvalue weighted by Crippen LogP contribution is 2.52. The molecular weight excluding hydrogens is 413 g/mol. The molecular formula is C19H14F9N. The third-order valence-electron chi connectivity index (χ3n) is 4.92. The number of hydrogen-bond acceptors (Lipinski definition) is 1. The molecule has 0 aromatic heterocycles. The van der Waals surface area contributed by atoms with Crippen LogP contribution in [0, 0.1) is 5.92 Å². The summed E-state index contributed by atoms with van der Waals surface area (Å²) < 4.78 is 121. The molecule has 0 spiro atoms. The Hall–Kier alpha value is -2.39. The van der Waals surface area contributed by atoms with Gasteiger partial charge in [-0.05, 0) is 30.2 Å². The van der Waals surface area contributed by atoms with Crippen LogP contribution in [0.25, 0.3) is 0 Å². The molecule has 2 atom stereocenters. The Morgan fingerprint density at radius 2 is 1.21 bits per heavy atom. The molecule has 0 radical (unpaired) electrons. The van der Waals surface area contributed by atoms with Gasteiger partial charge in [0.05, 0.1) is 23.1 Å². The quantitative estimate of drug-likeness (QED) is 0.474. The van der Waals surface area contributed by atoms with E-state index in [9.17, 15) is 39.5 Å². The van der Waals surface area contributed by atoms with Crippen LogP contribution in [-0.4, -0.2) is 12.7 Å². The predicted molar refractivity (Wildman–Crippen MR) is 87.1 cm³/mol. The van der Waals surface area contributed by atoms with Crippen LogP contribution in [0.15, 0.2) is 48.5 Å². The van der Waals surface area contributed by atoms with E-state index in [1.165, 1.54) is 6.07 Å². The lowest BCUT2D eigenvalue weighted by molar-refractivity contribution is -0.177. The zero-order chi connectivity index (χ0) is 21.6. The molecule has 0 aliphatic carbocycles. The summed E-state index contributed by atoms with van der Waals surface area (Å²) in [5, 5.41) is 0. The van der Waals surface area contributed by atoms with Crippen LogP contribution in [0.5, 0.6) is 0 Å². The molecule has 29 heavy (non-hydrogen) atoms. The Kier molecular flexibility index (Phi) is 5.25. The summed E-state index contributed by atoms with van der Waals surface area (Å²) in [5.41, 5.74) is -3.77. The molecule has 1 heterocycles. The minimum atomic E-state index is -4.95. The summed E-state index contributed by atoms with van der Waals surface area (Å²) in [6, 6.07) is 5.71. The van der Waals surface area contributed by atoms with Crippen LogP contribution in [0.1, 0.15) is 29.2 Å². The van der Waals surface area contributed by atoms with Crippen molar-refractivity contribution in [2.75, 3.05) is 11.4 Å². The smallest absolute Gasteiger partial charge is 0.363 e. The SMILES string of the molecule is FC(F)(F)c1ccccc1C1C(C(F)(F)F)CCN1c1ccccc1C(F)(F)F. The van der Waals surface area contributed by atoms with Crippen molar-refractivity contribution in [1.82, 2.24) is 0 Å². The number of para-hydroxylation sites is 1. The monoisotopic (exact) mass is 427 g/mol. The van der Waals surface area contributed by atoms with Gasteiger partial charge in [0.2, 0.25) is 0 Å². The van der Waals surface area contributed by atoms with E-state index in [1.54, 1.807) is 0 Å². The Bertz CT molecular complexity index is 867. The molecule has 158 valence electrons. The van der Waals surface area contributed by atoms with Crippen LogP contribution in [0.2, 0.25) is 0 Å². The van der Waals surface area contributed by atoms with Gasteiger partial charge in [-0.3, -0.25) is 0 Å². The second-order valence-corrected chi connectivity index (χ2v) is 6.67. The largest absolute Gasteiger partial charge is 0.418 e. The number of hydrogen-bond donors (Lipinski definition) is 0. The summed E-state index contributed by atoms with van der Waals surface area (Å²) >= 11 is 0. The van der Waals surface area contributed by atoms with E-state index in [2.05, 4.69) is 0 Å². The van der Waals surface area contributed by atoms with Crippen molar-refractivity contribution in [3.8, 4) is 0 Å². The van der Waals surface area contributed by atoms with Crippen molar-refractivity contribution in [3.05, 3.63) is 65.2 Å². The van der Waals surface area contributed by atoms with Crippen molar-refractivity contribution in [3.63, 3.8) is 0 Å². The number of halogens is 9. The molecule has 2 aromatic carbocycles. The maximum atomic E-state index is 13.6. The summed E-state index contributed by atoms with van der Waals surface area (Å²) in [7, 11) is 0. The van der Waals surface area contributed by atoms with Crippen molar-refractivity contribution in [2.24, 2.45) is 5.92 Å². The minimum Gasteiger partial charge on any atom is -0.363 e. The minimum absolute atomic E-state index is 0.464. The van der Waals surface area contributed by atoms with E-state index in [4.69, 9.17) is 0 Å². The maximum Gasteiger partial charge on any atom is 0.418 e. The van der Waals surface area contributed by atoms with Crippen LogP contribution in [0.3, 0.4) is 0 Å². The fourth-order valence-electron chi connectivity index (χ4n) is 3.77. The Morgan fingerprint density at radius 3 is 1.76 bits per heavy atom. The first-order valence-electron chi connectivity index (χ1n) is 8.47. The van der Waals surface area contributed by atoms with Crippen molar-refractivity contribution in [1.29, 1.82) is 0 Å². The highest BCUT2D eigenvalue weighted by Gasteiger charge is 2.53. The lowest BCUT2D eigenvalue weighted by atomic mass is 9.89. The summed E-state index contributed by atoms with van der Waals surface area (Å²) in [5.74, 6) is -2.24. The molecule has 1 aliphatic heterocycles. The molecule has 1 saturated heterocycles. The van der Waals surface area contributed by atoms with Gasteiger partial charge in [0, 0.05) is 12.2 Å². The number of benzene rings is 2. The molecule has 1 aliphatic rings. The topological polar surface area (TPSA) is 3.24 Å². The Balaban J connectivity index is 2.21. The van der Waals surface area contributed by atoms with Crippen LogP contribution in [0.4, 0.5) is 45.2 Å². The maximum absolute atomic E-state index is 13.6. The second-order valence-electron chi connectivity index (χ2n) is 6.67. The van der Waals surface area contributed by atoms with Gasteiger partial charge in [0.25, 0.3) is 0 Å². The van der Waals surface area contributed by atoms with Gasteiger partial charge in [-0.25, -0.2) is 0 Å². The summed E-state index contributed by atoms with van der Waals surface area (Å²) in [6.45, 7) is -0.464. The van der Waals surface area contributed by atoms with Gasteiger partial charge < -0.3 is 4.90 Å². The molecule has 3 rings (SSSR count). The first-order valence-corrected chi connectivity index (χ1v) is 8.47. The van der Waals surface area contributed by atoms with E-state index in [0.29, 0.717) is 12.1 Å². The molecule has 2 unspecified atom stereocenters. The van der Waals surface area contributed by atoms with Crippen LogP contribution < -0.4 is 4.90 Å². The molecule has 2 aromatic rings. The summed E-state index contributed by atoms with van der Waals surface area (Å²) in [6.07, 6.45) is -15.3. The average molecular weight is 427 g/mol. The Labute approximate surface area is 159 Å². The average Bonchev–Trinajstić information content (AvgIpc) is 3.05. The standard InChI is InChI=1S/C19H14F9N/c20-17(21,22)12-6-2-1-5-11(12)16-14(19(26,27)28)9-10-29(16)15-8-4-3-7-13(15)18(23,24)25/h1-8,14,16H,9-10H2. The zero-order valence-corrected chi connectivity index (χ0v) is 14.5. The van der Waals surface area contributed by atoms with Crippen molar-refractivity contribution in [2.45, 2.75) is 31.0 Å². The number of rotatable bonds is 2. The van der Waals surface area contributed by atoms with E-state index >= 15 is 0 Å². The lowest BCUT2D eigenvalue weighted by Gasteiger charge is -2.34. The normalized spacial score (nSPS) is 20.9. The van der Waals surface area contributed by atoms with Crippen LogP contribution in [-0.2, 0) is 12.4 Å². The number of alkyl halides is 9. The molecule has 0 bridgehead atoms. The van der Waals surface area contributed by atoms with Gasteiger partial charge in [0.1, 0.15) is 0 Å². The first kappa shape index (κ1) is 21.3. The summed E-state index contributed by atoms with van der Waals surface area (Å²) in [4.78, 5) is 0.783. The second kappa shape index (κ2) is 7.14. The molecule has 0 N–H and O–H groups in total. The fraction of sp³-hybridized carbons (Fsp3) is 0.368. The van der Waals surface area contributed by atoms with Gasteiger partial charge in [0.15, 0.2) is 0 Å². The molecule has 0 saturated carbocycles. The van der Waals surface area contributed by atoms with Crippen LogP contribution >= 0.6 is 0 Å². The third-order valence-corrected chi connectivity index (χ3v) is 4.92. The molecule has 0 amide bonds. The first-order chi connectivity index (χ1) is 13.3. The third kappa shape index (κ3) is 4.16. The fourth-order valence-corrected chi connectivity index (χ4v) is 3.77. The van der Waals surface area contributed by atoms with Crippen molar-refractivity contribution < 1.29 is 39.5 Å². The van der Waals surface area contributed by atoms with E-state index < -0.39 is 65.8 Å². The highest BCUT2D eigenvalue weighted by atomic mass is 19.4. The molecule has 1 nitrogen and oxygen atoms in total. The van der Waals surface area contributed by atoms with E-state index in [1.807, 2.05) is 0 Å². The number of nitrogens with zero attached hydrogens (tertiary/aromatic N) is 1. The highest BCUT2D eigenvalue weighted by molar-refractivity contribution is 5.58. The van der Waals surface area contributed by atoms with E-state index in [0.717, 1.165) is 35.2 Å². The Morgan fingerprint density at radius 1 is 0.690 bits per heavy atom. The van der Waals surface area contributed by atoms with Gasteiger partial charge in [-0.2, -0.15) is 39.5 Å². The zero-order valence-electron chi connectivity index (χ0n) is 14.5. The molecule has 10 heteroatoms. The van der Waals surface area contributed by atoms with Gasteiger partial charge in [-0.15, -0.1) is 0 Å². The van der Waals surface area contributed by atoms with E-state index in [-0.39, 0.29) is 0 Å². The number of anilines is 1.